The van der Waals surface area contributed by atoms with Crippen molar-refractivity contribution >= 4 is 45.8 Å². The summed E-state index contributed by atoms with van der Waals surface area (Å²) >= 11 is 8.17. The van der Waals surface area contributed by atoms with Crippen LogP contribution in [0.1, 0.15) is 21.5 Å². The van der Waals surface area contributed by atoms with Crippen LogP contribution in [0, 0.1) is 17.4 Å². The second kappa shape index (κ2) is 5.92. The molecule has 0 saturated carbocycles. The van der Waals surface area contributed by atoms with Crippen LogP contribution in [0.15, 0.2) is 36.4 Å². The zero-order valence-electron chi connectivity index (χ0n) is 10.6. The first-order valence-electron chi connectivity index (χ1n) is 5.81. The summed E-state index contributed by atoms with van der Waals surface area (Å²) in [6.45, 7) is 3.95. The summed E-state index contributed by atoms with van der Waals surface area (Å²) in [6.07, 6.45) is 0. The van der Waals surface area contributed by atoms with Crippen molar-refractivity contribution in [1.82, 2.24) is 0 Å². The number of carbonyl (C=O) groups excluding carboxylic acids is 1. The third kappa shape index (κ3) is 3.48. The molecule has 0 aliphatic carbocycles. The third-order valence-corrected chi connectivity index (χ3v) is 4.28. The van der Waals surface area contributed by atoms with Gasteiger partial charge in [0.1, 0.15) is 0 Å². The molecule has 1 N–H and O–H groups in total. The first-order valence-corrected chi connectivity index (χ1v) is 7.26. The van der Waals surface area contributed by atoms with Crippen molar-refractivity contribution in [2.45, 2.75) is 13.8 Å². The molecular weight excluding hydrogens is 373 g/mol. The number of benzene rings is 2. The molecule has 19 heavy (non-hydrogen) atoms. The van der Waals surface area contributed by atoms with Crippen LogP contribution in [0.4, 0.5) is 5.69 Å². The van der Waals surface area contributed by atoms with Gasteiger partial charge in [-0.2, -0.15) is 0 Å². The molecule has 0 aliphatic heterocycles. The SMILES string of the molecule is Cc1ccc(C(=O)Nc2cc(Cl)ccc2C)cc1I. The Morgan fingerprint density at radius 2 is 1.79 bits per heavy atom. The topological polar surface area (TPSA) is 29.1 Å². The van der Waals surface area contributed by atoms with Crippen molar-refractivity contribution in [1.29, 1.82) is 0 Å². The molecule has 0 aromatic heterocycles. The average molecular weight is 386 g/mol. The molecule has 0 spiro atoms. The lowest BCUT2D eigenvalue weighted by atomic mass is 10.1. The Morgan fingerprint density at radius 1 is 1.11 bits per heavy atom. The molecule has 0 bridgehead atoms. The van der Waals surface area contributed by atoms with Crippen LogP contribution in [0.25, 0.3) is 0 Å². The standard InChI is InChI=1S/C15H13ClINO/c1-9-3-5-11(7-13(9)17)15(19)18-14-8-12(16)6-4-10(14)2/h3-8H,1-2H3,(H,18,19). The van der Waals surface area contributed by atoms with Gasteiger partial charge >= 0.3 is 0 Å². The fraction of sp³-hybridized carbons (Fsp3) is 0.133. The Bertz CT molecular complexity index is 640. The van der Waals surface area contributed by atoms with Crippen LogP contribution >= 0.6 is 34.2 Å². The van der Waals surface area contributed by atoms with Crippen LogP contribution < -0.4 is 5.32 Å². The minimum absolute atomic E-state index is 0.122. The van der Waals surface area contributed by atoms with Gasteiger partial charge in [-0.3, -0.25) is 4.79 Å². The van der Waals surface area contributed by atoms with E-state index < -0.39 is 0 Å². The average Bonchev–Trinajstić information content (AvgIpc) is 2.37. The van der Waals surface area contributed by atoms with Gasteiger partial charge in [0.25, 0.3) is 5.91 Å². The van der Waals surface area contributed by atoms with Crippen LogP contribution in [-0.2, 0) is 0 Å². The maximum absolute atomic E-state index is 12.2. The monoisotopic (exact) mass is 385 g/mol. The van der Waals surface area contributed by atoms with Crippen molar-refractivity contribution < 1.29 is 4.79 Å². The number of halogens is 2. The van der Waals surface area contributed by atoms with Crippen LogP contribution in [-0.4, -0.2) is 5.91 Å². The first kappa shape index (κ1) is 14.3. The molecule has 0 aliphatic rings. The molecule has 0 radical (unpaired) electrons. The summed E-state index contributed by atoms with van der Waals surface area (Å²) in [5, 5.41) is 3.50. The van der Waals surface area contributed by atoms with E-state index in [0.29, 0.717) is 10.6 Å². The van der Waals surface area contributed by atoms with E-state index >= 15 is 0 Å². The van der Waals surface area contributed by atoms with E-state index in [-0.39, 0.29) is 5.91 Å². The molecule has 2 rings (SSSR count). The molecule has 2 nitrogen and oxygen atoms in total. The maximum atomic E-state index is 12.2. The number of hydrogen-bond donors (Lipinski definition) is 1. The van der Waals surface area contributed by atoms with Crippen molar-refractivity contribution in [3.8, 4) is 0 Å². The van der Waals surface area contributed by atoms with Gasteiger partial charge in [-0.05, 0) is 71.8 Å². The Balaban J connectivity index is 2.25. The quantitative estimate of drug-likeness (QED) is 0.738. The molecular formula is C15H13ClINO. The first-order chi connectivity index (χ1) is 8.97. The summed E-state index contributed by atoms with van der Waals surface area (Å²) in [5.41, 5.74) is 3.54. The van der Waals surface area contributed by atoms with Gasteiger partial charge in [0.2, 0.25) is 0 Å². The molecule has 0 unspecified atom stereocenters. The lowest BCUT2D eigenvalue weighted by molar-refractivity contribution is 0.102. The van der Waals surface area contributed by atoms with Crippen molar-refractivity contribution in [3.05, 3.63) is 61.7 Å². The predicted octanol–water partition coefficient (Wildman–Crippen LogP) is 4.81. The van der Waals surface area contributed by atoms with Crippen molar-refractivity contribution in [3.63, 3.8) is 0 Å². The Kier molecular flexibility index (Phi) is 4.47. The number of rotatable bonds is 2. The van der Waals surface area contributed by atoms with E-state index in [1.165, 1.54) is 0 Å². The number of anilines is 1. The summed E-state index contributed by atoms with van der Waals surface area (Å²) in [4.78, 5) is 12.2. The molecule has 0 heterocycles. The summed E-state index contributed by atoms with van der Waals surface area (Å²) in [5.74, 6) is -0.122. The zero-order chi connectivity index (χ0) is 14.0. The van der Waals surface area contributed by atoms with E-state index in [0.717, 1.165) is 20.4 Å². The van der Waals surface area contributed by atoms with Crippen molar-refractivity contribution in [2.75, 3.05) is 5.32 Å². The minimum Gasteiger partial charge on any atom is -0.322 e. The van der Waals surface area contributed by atoms with Crippen molar-refractivity contribution in [2.24, 2.45) is 0 Å². The highest BCUT2D eigenvalue weighted by molar-refractivity contribution is 14.1. The van der Waals surface area contributed by atoms with Crippen LogP contribution in [0.3, 0.4) is 0 Å². The number of hydrogen-bond acceptors (Lipinski definition) is 1. The van der Waals surface area contributed by atoms with Gasteiger partial charge in [0, 0.05) is 19.8 Å². The molecule has 4 heteroatoms. The van der Waals surface area contributed by atoms with Gasteiger partial charge in [-0.1, -0.05) is 23.7 Å². The zero-order valence-corrected chi connectivity index (χ0v) is 13.5. The molecule has 98 valence electrons. The number of carbonyl (C=O) groups is 1. The highest BCUT2D eigenvalue weighted by Gasteiger charge is 2.09. The van der Waals surface area contributed by atoms with Gasteiger partial charge in [-0.25, -0.2) is 0 Å². The normalized spacial score (nSPS) is 10.3. The van der Waals surface area contributed by atoms with E-state index in [1.807, 2.05) is 38.1 Å². The molecule has 0 atom stereocenters. The molecule has 2 aromatic rings. The van der Waals surface area contributed by atoms with E-state index in [1.54, 1.807) is 12.1 Å². The molecule has 1 amide bonds. The van der Waals surface area contributed by atoms with Gasteiger partial charge < -0.3 is 5.32 Å². The van der Waals surface area contributed by atoms with E-state index in [4.69, 9.17) is 11.6 Å². The summed E-state index contributed by atoms with van der Waals surface area (Å²) in [7, 11) is 0. The maximum Gasteiger partial charge on any atom is 0.255 e. The third-order valence-electron chi connectivity index (χ3n) is 2.88. The largest absolute Gasteiger partial charge is 0.322 e. The molecule has 2 aromatic carbocycles. The van der Waals surface area contributed by atoms with Crippen LogP contribution in [0.5, 0.6) is 0 Å². The summed E-state index contributed by atoms with van der Waals surface area (Å²) in [6, 6.07) is 11.1. The fourth-order valence-corrected chi connectivity index (χ4v) is 2.34. The second-order valence-corrected chi connectivity index (χ2v) is 5.98. The Hall–Kier alpha value is -1.07. The molecule has 0 fully saturated rings. The Labute approximate surface area is 131 Å². The molecule has 0 saturated heterocycles. The van der Waals surface area contributed by atoms with Gasteiger partial charge in [0.05, 0.1) is 0 Å². The summed E-state index contributed by atoms with van der Waals surface area (Å²) < 4.78 is 1.08. The lowest BCUT2D eigenvalue weighted by Crippen LogP contribution is -2.13. The smallest absolute Gasteiger partial charge is 0.255 e. The van der Waals surface area contributed by atoms with Gasteiger partial charge in [0.15, 0.2) is 0 Å². The van der Waals surface area contributed by atoms with E-state index in [2.05, 4.69) is 27.9 Å². The highest BCUT2D eigenvalue weighted by Crippen LogP contribution is 2.21. The fourth-order valence-electron chi connectivity index (χ4n) is 1.66. The minimum atomic E-state index is -0.122. The number of aryl methyl sites for hydroxylation is 2. The predicted molar refractivity (Wildman–Crippen MR) is 88.0 cm³/mol. The highest BCUT2D eigenvalue weighted by atomic mass is 127. The second-order valence-electron chi connectivity index (χ2n) is 4.38. The number of nitrogens with one attached hydrogen (secondary N) is 1. The number of amides is 1. The lowest BCUT2D eigenvalue weighted by Gasteiger charge is -2.09. The van der Waals surface area contributed by atoms with E-state index in [9.17, 15) is 4.79 Å². The Morgan fingerprint density at radius 3 is 2.47 bits per heavy atom. The van der Waals surface area contributed by atoms with Crippen LogP contribution in [0.2, 0.25) is 5.02 Å². The van der Waals surface area contributed by atoms with Gasteiger partial charge in [-0.15, -0.1) is 0 Å².